The fourth-order valence-electron chi connectivity index (χ4n) is 0.193. The van der Waals surface area contributed by atoms with Crippen LogP contribution in [0, 0.1) is 13.1 Å². The summed E-state index contributed by atoms with van der Waals surface area (Å²) in [4.78, 5) is 1.04. The number of nitrogens with zero attached hydrogens (tertiary/aromatic N) is 2. The quantitative estimate of drug-likeness (QED) is 0.477. The van der Waals surface area contributed by atoms with Gasteiger partial charge in [0.1, 0.15) is 6.20 Å². The molecule has 0 unspecified atom stereocenters. The molecule has 31 valence electrons. The van der Waals surface area contributed by atoms with Gasteiger partial charge >= 0.3 is 0 Å². The Kier molecular flexibility index (Phi) is 0.837. The van der Waals surface area contributed by atoms with Crippen LogP contribution in [0.1, 0.15) is 4.88 Å². The molecule has 1 rings (SSSR count). The highest BCUT2D eigenvalue weighted by Crippen LogP contribution is 1.93. The average Bonchev–Trinajstić information content (AvgIpc) is 1.86. The summed E-state index contributed by atoms with van der Waals surface area (Å²) in [6.45, 7) is 1.92. The summed E-state index contributed by atoms with van der Waals surface area (Å²) in [7, 11) is 0. The largest absolute Gasteiger partial charge is 0.136 e. The second-order valence-electron chi connectivity index (χ2n) is 0.941. The standard InChI is InChI=1S/C3H3N2S/c1-3-2-4-5-6-3/h1H3. The molecular weight excluding hydrogens is 96.1 g/mol. The SMILES string of the molecule is Cc1[c]nns1. The van der Waals surface area contributed by atoms with Crippen LogP contribution in [0.25, 0.3) is 0 Å². The van der Waals surface area contributed by atoms with Gasteiger partial charge in [-0.15, -0.1) is 5.10 Å². The molecule has 1 aromatic heterocycles. The molecular formula is C3H3N2S. The number of aryl methyl sites for hydroxylation is 1. The van der Waals surface area contributed by atoms with Crippen molar-refractivity contribution in [1.29, 1.82) is 0 Å². The zero-order valence-corrected chi connectivity index (χ0v) is 4.12. The predicted octanol–water partition coefficient (Wildman–Crippen LogP) is 0.647. The van der Waals surface area contributed by atoms with Crippen LogP contribution in [0.5, 0.6) is 0 Å². The van der Waals surface area contributed by atoms with E-state index in [2.05, 4.69) is 15.8 Å². The van der Waals surface area contributed by atoms with Gasteiger partial charge in [0.15, 0.2) is 0 Å². The molecule has 0 aliphatic carbocycles. The third kappa shape index (κ3) is 0.542. The first kappa shape index (κ1) is 3.74. The van der Waals surface area contributed by atoms with E-state index < -0.39 is 0 Å². The number of hydrogen-bond donors (Lipinski definition) is 0. The van der Waals surface area contributed by atoms with Gasteiger partial charge in [-0.1, -0.05) is 4.49 Å². The van der Waals surface area contributed by atoms with Crippen molar-refractivity contribution in [1.82, 2.24) is 9.59 Å². The van der Waals surface area contributed by atoms with Crippen LogP contribution < -0.4 is 0 Å². The third-order valence-corrected chi connectivity index (χ3v) is 0.954. The van der Waals surface area contributed by atoms with Crippen molar-refractivity contribution in [2.75, 3.05) is 0 Å². The van der Waals surface area contributed by atoms with E-state index in [1.807, 2.05) is 6.92 Å². The van der Waals surface area contributed by atoms with Gasteiger partial charge in [0, 0.05) is 0 Å². The smallest absolute Gasteiger partial charge is 0.130 e. The molecule has 0 atom stereocenters. The van der Waals surface area contributed by atoms with Crippen molar-refractivity contribution >= 4 is 11.5 Å². The third-order valence-electron chi connectivity index (χ3n) is 0.426. The van der Waals surface area contributed by atoms with Crippen LogP contribution in [0.2, 0.25) is 0 Å². The maximum absolute atomic E-state index is 3.56. The van der Waals surface area contributed by atoms with Crippen molar-refractivity contribution in [2.24, 2.45) is 0 Å². The maximum Gasteiger partial charge on any atom is 0.130 e. The summed E-state index contributed by atoms with van der Waals surface area (Å²) in [5.74, 6) is 0. The molecule has 0 aromatic carbocycles. The lowest BCUT2D eigenvalue weighted by molar-refractivity contribution is 1.14. The van der Waals surface area contributed by atoms with Gasteiger partial charge in [0.2, 0.25) is 0 Å². The van der Waals surface area contributed by atoms with Crippen LogP contribution in [0.3, 0.4) is 0 Å². The minimum Gasteiger partial charge on any atom is -0.136 e. The van der Waals surface area contributed by atoms with E-state index in [0.717, 1.165) is 4.88 Å². The van der Waals surface area contributed by atoms with Gasteiger partial charge in [-0.25, -0.2) is 0 Å². The van der Waals surface area contributed by atoms with Gasteiger partial charge in [-0.3, -0.25) is 0 Å². The first-order valence-corrected chi connectivity index (χ1v) is 2.33. The second-order valence-corrected chi connectivity index (χ2v) is 1.90. The molecule has 0 aliphatic heterocycles. The molecule has 0 saturated carbocycles. The summed E-state index contributed by atoms with van der Waals surface area (Å²) in [6, 6.07) is 0. The number of hydrogen-bond acceptors (Lipinski definition) is 3. The summed E-state index contributed by atoms with van der Waals surface area (Å²) in [5.41, 5.74) is 0. The van der Waals surface area contributed by atoms with Crippen LogP contribution in [0.4, 0.5) is 0 Å². The molecule has 1 radical (unpaired) electrons. The summed E-state index contributed by atoms with van der Waals surface area (Å²) >= 11 is 1.36. The molecule has 0 bridgehead atoms. The Labute approximate surface area is 40.0 Å². The zero-order valence-electron chi connectivity index (χ0n) is 3.30. The van der Waals surface area contributed by atoms with Gasteiger partial charge < -0.3 is 0 Å². The Morgan fingerprint density at radius 2 is 2.67 bits per heavy atom. The molecule has 2 nitrogen and oxygen atoms in total. The van der Waals surface area contributed by atoms with Crippen LogP contribution >= 0.6 is 11.5 Å². The van der Waals surface area contributed by atoms with Gasteiger partial charge in [-0.2, -0.15) is 0 Å². The van der Waals surface area contributed by atoms with Gasteiger partial charge in [-0.05, 0) is 18.5 Å². The number of aromatic nitrogens is 2. The molecule has 0 N–H and O–H groups in total. The van der Waals surface area contributed by atoms with Crippen molar-refractivity contribution in [2.45, 2.75) is 6.92 Å². The van der Waals surface area contributed by atoms with E-state index in [1.165, 1.54) is 11.5 Å². The minimum atomic E-state index is 1.04. The Balaban J connectivity index is 3.05. The summed E-state index contributed by atoms with van der Waals surface area (Å²) < 4.78 is 3.56. The van der Waals surface area contributed by atoms with Gasteiger partial charge in [0.05, 0.1) is 4.88 Å². The number of rotatable bonds is 0. The molecule has 1 aromatic rings. The van der Waals surface area contributed by atoms with Crippen molar-refractivity contribution in [3.8, 4) is 0 Å². The molecule has 6 heavy (non-hydrogen) atoms. The monoisotopic (exact) mass is 99.0 g/mol. The predicted molar refractivity (Wildman–Crippen MR) is 23.5 cm³/mol. The lowest BCUT2D eigenvalue weighted by Gasteiger charge is -1.58. The van der Waals surface area contributed by atoms with Gasteiger partial charge in [0.25, 0.3) is 0 Å². The molecule has 1 heterocycles. The normalized spacial score (nSPS) is 8.83. The molecule has 0 aliphatic rings. The highest BCUT2D eigenvalue weighted by molar-refractivity contribution is 7.05. The first-order chi connectivity index (χ1) is 2.89. The lowest BCUT2D eigenvalue weighted by atomic mass is 10.7. The van der Waals surface area contributed by atoms with E-state index in [1.54, 1.807) is 0 Å². The molecule has 0 amide bonds. The summed E-state index contributed by atoms with van der Waals surface area (Å²) in [6.07, 6.45) is 2.66. The van der Waals surface area contributed by atoms with Crippen LogP contribution in [0.15, 0.2) is 0 Å². The summed E-state index contributed by atoms with van der Waals surface area (Å²) in [5, 5.41) is 3.47. The van der Waals surface area contributed by atoms with E-state index in [0.29, 0.717) is 0 Å². The fourth-order valence-corrected chi connectivity index (χ4v) is 0.479. The van der Waals surface area contributed by atoms with E-state index >= 15 is 0 Å². The molecule has 0 spiro atoms. The van der Waals surface area contributed by atoms with E-state index in [-0.39, 0.29) is 0 Å². The average molecular weight is 99.1 g/mol. The van der Waals surface area contributed by atoms with Crippen LogP contribution in [-0.2, 0) is 0 Å². The zero-order chi connectivity index (χ0) is 4.41. The first-order valence-electron chi connectivity index (χ1n) is 1.56. The van der Waals surface area contributed by atoms with Crippen molar-refractivity contribution in [3.63, 3.8) is 0 Å². The topological polar surface area (TPSA) is 25.8 Å². The maximum atomic E-state index is 3.56. The Morgan fingerprint density at radius 1 is 1.83 bits per heavy atom. The minimum absolute atomic E-state index is 1.04. The Morgan fingerprint density at radius 3 is 2.83 bits per heavy atom. The molecule has 0 saturated heterocycles. The van der Waals surface area contributed by atoms with Crippen molar-refractivity contribution in [3.05, 3.63) is 11.1 Å². The highest BCUT2D eigenvalue weighted by atomic mass is 32.1. The van der Waals surface area contributed by atoms with E-state index in [4.69, 9.17) is 0 Å². The Bertz CT molecular complexity index is 112. The fraction of sp³-hybridized carbons (Fsp3) is 0.333. The van der Waals surface area contributed by atoms with Crippen LogP contribution in [-0.4, -0.2) is 9.59 Å². The lowest BCUT2D eigenvalue weighted by Crippen LogP contribution is -1.54. The second kappa shape index (κ2) is 1.34. The highest BCUT2D eigenvalue weighted by Gasteiger charge is 1.79. The van der Waals surface area contributed by atoms with Crippen molar-refractivity contribution < 1.29 is 0 Å². The molecule has 0 fully saturated rings. The van der Waals surface area contributed by atoms with E-state index in [9.17, 15) is 0 Å². The molecule has 3 heteroatoms. The Hall–Kier alpha value is -0.440.